The van der Waals surface area contributed by atoms with Crippen LogP contribution in [0, 0.1) is 5.92 Å². The molecule has 2 heterocycles. The van der Waals surface area contributed by atoms with Crippen LogP contribution in [0.4, 0.5) is 0 Å². The van der Waals surface area contributed by atoms with Crippen molar-refractivity contribution in [1.29, 1.82) is 0 Å². The summed E-state index contributed by atoms with van der Waals surface area (Å²) >= 11 is 18.5. The standard InChI is InChI=1S/C26H28Cl3N3O3/c1-16(33)31-11-9-19(14-31)26(35)32-12-10-24(21(15-32)18-5-8-22(28)23(29)13-18)30(2)25(34)17-3-6-20(27)7-4-17/h3-8,13,19,21,24H,9-12,14-15H2,1-2H3/t19-,21+,24-/m1/s1. The summed E-state index contributed by atoms with van der Waals surface area (Å²) in [6.45, 7) is 3.59. The number of carbonyl (C=O) groups excluding carboxylic acids is 3. The zero-order valence-electron chi connectivity index (χ0n) is 19.7. The van der Waals surface area contributed by atoms with E-state index in [4.69, 9.17) is 34.8 Å². The van der Waals surface area contributed by atoms with E-state index < -0.39 is 0 Å². The maximum atomic E-state index is 13.4. The SMILES string of the molecule is CC(=O)N1CC[C@@H](C(=O)N2CC[C@@H](N(C)C(=O)c3ccc(Cl)cc3)[C@H](c3ccc(Cl)c(Cl)c3)C2)C1. The Hall–Kier alpha value is -2.28. The molecule has 0 unspecified atom stereocenters. The van der Waals surface area contributed by atoms with E-state index in [0.717, 1.165) is 5.56 Å². The Morgan fingerprint density at radius 3 is 2.20 bits per heavy atom. The van der Waals surface area contributed by atoms with Gasteiger partial charge in [-0.15, -0.1) is 0 Å². The molecule has 0 saturated carbocycles. The van der Waals surface area contributed by atoms with Crippen LogP contribution in [0.5, 0.6) is 0 Å². The van der Waals surface area contributed by atoms with Gasteiger partial charge in [0.1, 0.15) is 0 Å². The van der Waals surface area contributed by atoms with Crippen molar-refractivity contribution in [2.45, 2.75) is 31.7 Å². The molecule has 0 aromatic heterocycles. The minimum atomic E-state index is -0.196. The lowest BCUT2D eigenvalue weighted by atomic mass is 9.84. The van der Waals surface area contributed by atoms with Crippen molar-refractivity contribution in [3.63, 3.8) is 0 Å². The number of rotatable bonds is 4. The summed E-state index contributed by atoms with van der Waals surface area (Å²) in [5.41, 5.74) is 1.48. The summed E-state index contributed by atoms with van der Waals surface area (Å²) in [6.07, 6.45) is 1.29. The second-order valence-corrected chi connectivity index (χ2v) is 10.5. The van der Waals surface area contributed by atoms with Crippen molar-refractivity contribution in [1.82, 2.24) is 14.7 Å². The number of nitrogens with zero attached hydrogens (tertiary/aromatic N) is 3. The van der Waals surface area contributed by atoms with Crippen LogP contribution in [0.1, 0.15) is 41.6 Å². The number of likely N-dealkylation sites (N-methyl/N-ethyl adjacent to an activating group) is 1. The maximum Gasteiger partial charge on any atom is 0.253 e. The van der Waals surface area contributed by atoms with E-state index in [2.05, 4.69) is 0 Å². The van der Waals surface area contributed by atoms with E-state index in [1.54, 1.807) is 47.2 Å². The lowest BCUT2D eigenvalue weighted by Gasteiger charge is -2.43. The first-order chi connectivity index (χ1) is 16.7. The number of likely N-dealkylation sites (tertiary alicyclic amines) is 2. The second-order valence-electron chi connectivity index (χ2n) is 9.29. The Morgan fingerprint density at radius 2 is 1.57 bits per heavy atom. The minimum absolute atomic E-state index is 0.00460. The molecule has 2 aromatic rings. The van der Waals surface area contributed by atoms with E-state index in [-0.39, 0.29) is 35.6 Å². The number of carbonyl (C=O) groups is 3. The molecule has 0 N–H and O–H groups in total. The highest BCUT2D eigenvalue weighted by Crippen LogP contribution is 2.35. The average molecular weight is 537 g/mol. The van der Waals surface area contributed by atoms with Crippen molar-refractivity contribution in [3.05, 3.63) is 68.7 Å². The summed E-state index contributed by atoms with van der Waals surface area (Å²) < 4.78 is 0. The van der Waals surface area contributed by atoms with Crippen molar-refractivity contribution in [2.24, 2.45) is 5.92 Å². The molecule has 3 amide bonds. The van der Waals surface area contributed by atoms with Gasteiger partial charge in [0.2, 0.25) is 11.8 Å². The fraction of sp³-hybridized carbons (Fsp3) is 0.423. The molecule has 35 heavy (non-hydrogen) atoms. The van der Waals surface area contributed by atoms with Crippen LogP contribution in [0.3, 0.4) is 0 Å². The number of halogens is 3. The van der Waals surface area contributed by atoms with Crippen LogP contribution in [0.15, 0.2) is 42.5 Å². The molecular formula is C26H28Cl3N3O3. The van der Waals surface area contributed by atoms with Gasteiger partial charge in [0.15, 0.2) is 0 Å². The summed E-state index contributed by atoms with van der Waals surface area (Å²) in [5, 5.41) is 1.46. The topological polar surface area (TPSA) is 60.9 Å². The number of amides is 3. The predicted octanol–water partition coefficient (Wildman–Crippen LogP) is 4.97. The molecule has 186 valence electrons. The smallest absolute Gasteiger partial charge is 0.253 e. The van der Waals surface area contributed by atoms with Crippen molar-refractivity contribution in [2.75, 3.05) is 33.2 Å². The quantitative estimate of drug-likeness (QED) is 0.554. The monoisotopic (exact) mass is 535 g/mol. The van der Waals surface area contributed by atoms with Gasteiger partial charge < -0.3 is 14.7 Å². The zero-order chi connectivity index (χ0) is 25.3. The van der Waals surface area contributed by atoms with Gasteiger partial charge >= 0.3 is 0 Å². The zero-order valence-corrected chi connectivity index (χ0v) is 22.0. The highest BCUT2D eigenvalue weighted by molar-refractivity contribution is 6.42. The highest BCUT2D eigenvalue weighted by Gasteiger charge is 2.40. The summed E-state index contributed by atoms with van der Waals surface area (Å²) in [7, 11) is 1.80. The van der Waals surface area contributed by atoms with Gasteiger partial charge in [-0.05, 0) is 54.8 Å². The summed E-state index contributed by atoms with van der Waals surface area (Å²) in [4.78, 5) is 43.8. The lowest BCUT2D eigenvalue weighted by Crippen LogP contribution is -2.53. The average Bonchev–Trinajstić information content (AvgIpc) is 3.35. The Morgan fingerprint density at radius 1 is 0.886 bits per heavy atom. The second kappa shape index (κ2) is 10.8. The molecule has 2 saturated heterocycles. The first-order valence-electron chi connectivity index (χ1n) is 11.7. The van der Waals surface area contributed by atoms with Crippen molar-refractivity contribution in [3.8, 4) is 0 Å². The third-order valence-electron chi connectivity index (χ3n) is 7.15. The van der Waals surface area contributed by atoms with Gasteiger partial charge in [-0.25, -0.2) is 0 Å². The van der Waals surface area contributed by atoms with E-state index >= 15 is 0 Å². The van der Waals surface area contributed by atoms with Crippen molar-refractivity contribution >= 4 is 52.5 Å². The molecule has 0 bridgehead atoms. The lowest BCUT2D eigenvalue weighted by molar-refractivity contribution is -0.137. The molecule has 0 spiro atoms. The van der Waals surface area contributed by atoms with Gasteiger partial charge in [0.25, 0.3) is 5.91 Å². The Balaban J connectivity index is 1.58. The van der Waals surface area contributed by atoms with Gasteiger partial charge in [-0.2, -0.15) is 0 Å². The third-order valence-corrected chi connectivity index (χ3v) is 8.14. The maximum absolute atomic E-state index is 13.4. The fourth-order valence-corrected chi connectivity index (χ4v) is 5.56. The number of hydrogen-bond donors (Lipinski definition) is 0. The van der Waals surface area contributed by atoms with Gasteiger partial charge in [0, 0.05) is 62.7 Å². The van der Waals surface area contributed by atoms with Crippen LogP contribution >= 0.6 is 34.8 Å². The molecule has 2 aromatic carbocycles. The minimum Gasteiger partial charge on any atom is -0.342 e. The molecule has 2 aliphatic heterocycles. The summed E-state index contributed by atoms with van der Waals surface area (Å²) in [6, 6.07) is 12.2. The molecule has 0 aliphatic carbocycles. The molecule has 3 atom stereocenters. The van der Waals surface area contributed by atoms with E-state index in [9.17, 15) is 14.4 Å². The predicted molar refractivity (Wildman–Crippen MR) is 138 cm³/mol. The van der Waals surface area contributed by atoms with Crippen LogP contribution in [0.2, 0.25) is 15.1 Å². The van der Waals surface area contributed by atoms with E-state index in [0.29, 0.717) is 59.7 Å². The fourth-order valence-electron chi connectivity index (χ4n) is 5.13. The third kappa shape index (κ3) is 5.60. The molecule has 2 fully saturated rings. The molecule has 6 nitrogen and oxygen atoms in total. The molecule has 0 radical (unpaired) electrons. The van der Waals surface area contributed by atoms with Crippen LogP contribution < -0.4 is 0 Å². The van der Waals surface area contributed by atoms with Crippen LogP contribution in [0.25, 0.3) is 0 Å². The Bertz CT molecular complexity index is 1120. The molecule has 4 rings (SSSR count). The normalized spacial score (nSPS) is 22.3. The summed E-state index contributed by atoms with van der Waals surface area (Å²) in [5.74, 6) is -0.393. The van der Waals surface area contributed by atoms with Gasteiger partial charge in [-0.1, -0.05) is 40.9 Å². The van der Waals surface area contributed by atoms with Crippen LogP contribution in [-0.4, -0.2) is 71.7 Å². The molecular weight excluding hydrogens is 509 g/mol. The number of benzene rings is 2. The Kier molecular flexibility index (Phi) is 7.94. The van der Waals surface area contributed by atoms with Crippen molar-refractivity contribution < 1.29 is 14.4 Å². The molecule has 9 heteroatoms. The first kappa shape index (κ1) is 25.8. The molecule has 2 aliphatic rings. The number of piperidine rings is 1. The highest BCUT2D eigenvalue weighted by atomic mass is 35.5. The van der Waals surface area contributed by atoms with Crippen LogP contribution in [-0.2, 0) is 9.59 Å². The Labute approximate surface area is 220 Å². The first-order valence-corrected chi connectivity index (χ1v) is 12.8. The van der Waals surface area contributed by atoms with E-state index in [1.807, 2.05) is 17.0 Å². The number of hydrogen-bond acceptors (Lipinski definition) is 3. The van der Waals surface area contributed by atoms with Gasteiger partial charge in [0.05, 0.1) is 16.0 Å². The van der Waals surface area contributed by atoms with E-state index in [1.165, 1.54) is 6.92 Å². The largest absolute Gasteiger partial charge is 0.342 e. The van der Waals surface area contributed by atoms with Gasteiger partial charge in [-0.3, -0.25) is 14.4 Å².